The highest BCUT2D eigenvalue weighted by atomic mass is 15.3. The molecule has 0 N–H and O–H groups in total. The van der Waals surface area contributed by atoms with Crippen molar-refractivity contribution in [3.8, 4) is 23.1 Å². The lowest BCUT2D eigenvalue weighted by Gasteiger charge is -2.21. The molecule has 5 aromatic rings. The molecule has 0 bridgehead atoms. The maximum absolute atomic E-state index is 9.60. The van der Waals surface area contributed by atoms with Crippen LogP contribution in [0, 0.1) is 17.9 Å². The van der Waals surface area contributed by atoms with Crippen LogP contribution >= 0.6 is 0 Å². The standard InChI is InChI=1S/C27H19N5/c1-27(2)20-11-7-5-9-16(20)18-13-19-17-10-6-8-12-22(17)32(23(19)14-21(18)27)26-30-25(29-3)24(15-28)31(26)4/h5-14H,1-2,4H3. The average molecular weight is 413 g/mol. The van der Waals surface area contributed by atoms with E-state index in [-0.39, 0.29) is 16.9 Å². The topological polar surface area (TPSA) is 50.9 Å². The van der Waals surface area contributed by atoms with Crippen molar-refractivity contribution in [2.75, 3.05) is 0 Å². The molecule has 152 valence electrons. The van der Waals surface area contributed by atoms with Crippen LogP contribution < -0.4 is 0 Å². The smallest absolute Gasteiger partial charge is 0.311 e. The third kappa shape index (κ3) is 2.12. The van der Waals surface area contributed by atoms with E-state index in [1.54, 1.807) is 11.6 Å². The molecule has 5 nitrogen and oxygen atoms in total. The number of hydrogen-bond donors (Lipinski definition) is 0. The van der Waals surface area contributed by atoms with Gasteiger partial charge in [0.15, 0.2) is 0 Å². The molecule has 0 radical (unpaired) electrons. The first-order valence-corrected chi connectivity index (χ1v) is 10.5. The molecule has 2 heterocycles. The number of benzene rings is 3. The Kier molecular flexibility index (Phi) is 3.51. The van der Waals surface area contributed by atoms with Crippen LogP contribution in [0.15, 0.2) is 60.7 Å². The van der Waals surface area contributed by atoms with Crippen LogP contribution in [-0.2, 0) is 12.5 Å². The number of hydrogen-bond acceptors (Lipinski definition) is 2. The summed E-state index contributed by atoms with van der Waals surface area (Å²) in [6.45, 7) is 12.0. The van der Waals surface area contributed by atoms with E-state index in [9.17, 15) is 5.26 Å². The first kappa shape index (κ1) is 18.4. The van der Waals surface area contributed by atoms with Crippen molar-refractivity contribution in [2.45, 2.75) is 19.3 Å². The minimum atomic E-state index is -0.122. The first-order valence-electron chi connectivity index (χ1n) is 10.5. The average Bonchev–Trinajstić information content (AvgIpc) is 3.38. The molecule has 0 unspecified atom stereocenters. The molecule has 0 aliphatic heterocycles. The number of imidazole rings is 1. The minimum absolute atomic E-state index is 0.122. The van der Waals surface area contributed by atoms with E-state index >= 15 is 0 Å². The van der Waals surface area contributed by atoms with Crippen molar-refractivity contribution in [2.24, 2.45) is 7.05 Å². The summed E-state index contributed by atoms with van der Waals surface area (Å²) < 4.78 is 3.80. The van der Waals surface area contributed by atoms with Crippen LogP contribution in [0.2, 0.25) is 0 Å². The molecular formula is C27H19N5. The van der Waals surface area contributed by atoms with Gasteiger partial charge >= 0.3 is 11.8 Å². The van der Waals surface area contributed by atoms with Crippen molar-refractivity contribution in [3.05, 3.63) is 88.9 Å². The van der Waals surface area contributed by atoms with Gasteiger partial charge < -0.3 is 4.85 Å². The number of nitrogens with zero attached hydrogens (tertiary/aromatic N) is 5. The zero-order valence-corrected chi connectivity index (χ0v) is 18.0. The van der Waals surface area contributed by atoms with Crippen LogP contribution in [-0.4, -0.2) is 14.1 Å². The van der Waals surface area contributed by atoms with Crippen molar-refractivity contribution in [1.82, 2.24) is 14.1 Å². The normalized spacial score (nSPS) is 13.7. The van der Waals surface area contributed by atoms with Gasteiger partial charge in [-0.05, 0) is 40.5 Å². The summed E-state index contributed by atoms with van der Waals surface area (Å²) in [6, 6.07) is 23.5. The van der Waals surface area contributed by atoms with E-state index in [0.29, 0.717) is 5.95 Å². The summed E-state index contributed by atoms with van der Waals surface area (Å²) in [5.74, 6) is 0.705. The zero-order valence-electron chi connectivity index (χ0n) is 18.0. The van der Waals surface area contributed by atoms with E-state index in [1.165, 1.54) is 22.3 Å². The molecular weight excluding hydrogens is 394 g/mol. The summed E-state index contributed by atoms with van der Waals surface area (Å²) in [7, 11) is 1.79. The monoisotopic (exact) mass is 413 g/mol. The van der Waals surface area contributed by atoms with Gasteiger partial charge in [0.25, 0.3) is 0 Å². The molecule has 2 aromatic heterocycles. The van der Waals surface area contributed by atoms with Gasteiger partial charge in [0, 0.05) is 23.2 Å². The van der Waals surface area contributed by atoms with Gasteiger partial charge in [0.1, 0.15) is 11.8 Å². The van der Waals surface area contributed by atoms with Gasteiger partial charge in [0.2, 0.25) is 0 Å². The van der Waals surface area contributed by atoms with Crippen LogP contribution in [0.3, 0.4) is 0 Å². The Morgan fingerprint density at radius 1 is 0.938 bits per heavy atom. The van der Waals surface area contributed by atoms with Crippen molar-refractivity contribution < 1.29 is 0 Å². The Balaban J connectivity index is 1.78. The van der Waals surface area contributed by atoms with Crippen LogP contribution in [0.25, 0.3) is 43.7 Å². The third-order valence-corrected chi connectivity index (χ3v) is 6.84. The van der Waals surface area contributed by atoms with Crippen molar-refractivity contribution in [3.63, 3.8) is 0 Å². The molecule has 0 spiro atoms. The first-order chi connectivity index (χ1) is 15.5. The Labute approximate surface area is 185 Å². The minimum Gasteiger partial charge on any atom is -0.358 e. The second kappa shape index (κ2) is 6.09. The molecule has 1 aliphatic carbocycles. The predicted octanol–water partition coefficient (Wildman–Crippen LogP) is 6.25. The summed E-state index contributed by atoms with van der Waals surface area (Å²) in [6.07, 6.45) is 0. The third-order valence-electron chi connectivity index (χ3n) is 6.84. The largest absolute Gasteiger partial charge is 0.358 e. The van der Waals surface area contributed by atoms with Crippen molar-refractivity contribution in [1.29, 1.82) is 5.26 Å². The lowest BCUT2D eigenvalue weighted by molar-refractivity contribution is 0.661. The second-order valence-corrected chi connectivity index (χ2v) is 8.80. The van der Waals surface area contributed by atoms with Crippen LogP contribution in [0.1, 0.15) is 30.7 Å². The number of para-hydroxylation sites is 1. The summed E-state index contributed by atoms with van der Waals surface area (Å²) >= 11 is 0. The van der Waals surface area contributed by atoms with Gasteiger partial charge in [-0.1, -0.05) is 67.9 Å². The predicted molar refractivity (Wildman–Crippen MR) is 126 cm³/mol. The Morgan fingerprint density at radius 2 is 1.69 bits per heavy atom. The molecule has 32 heavy (non-hydrogen) atoms. The summed E-state index contributed by atoms with van der Waals surface area (Å²) in [5, 5.41) is 11.9. The lowest BCUT2D eigenvalue weighted by atomic mass is 9.82. The molecule has 0 atom stereocenters. The Bertz CT molecular complexity index is 1680. The van der Waals surface area contributed by atoms with Gasteiger partial charge in [0.05, 0.1) is 11.0 Å². The van der Waals surface area contributed by atoms with Gasteiger partial charge in [-0.25, -0.2) is 0 Å². The summed E-state index contributed by atoms with van der Waals surface area (Å²) in [4.78, 5) is 8.04. The number of fused-ring (bicyclic) bond motifs is 6. The fourth-order valence-corrected chi connectivity index (χ4v) is 5.25. The van der Waals surface area contributed by atoms with Crippen molar-refractivity contribution >= 4 is 27.6 Å². The highest BCUT2D eigenvalue weighted by molar-refractivity contribution is 6.11. The fourth-order valence-electron chi connectivity index (χ4n) is 5.25. The van der Waals surface area contributed by atoms with Gasteiger partial charge in [-0.3, -0.25) is 9.13 Å². The van der Waals surface area contributed by atoms with Crippen LogP contribution in [0.4, 0.5) is 5.82 Å². The second-order valence-electron chi connectivity index (χ2n) is 8.80. The van der Waals surface area contributed by atoms with E-state index in [4.69, 9.17) is 6.57 Å². The SMILES string of the molecule is [C-]#[N+]c1nc(-n2c3ccccc3c3cc4c(cc32)C(C)(C)c2ccccc2-4)n(C)c1C#N. The van der Waals surface area contributed by atoms with E-state index in [1.807, 2.05) is 12.1 Å². The number of rotatable bonds is 1. The zero-order chi connectivity index (χ0) is 22.2. The summed E-state index contributed by atoms with van der Waals surface area (Å²) in [5.41, 5.74) is 7.34. The molecule has 5 heteroatoms. The van der Waals surface area contributed by atoms with Gasteiger partial charge in [-0.15, -0.1) is 0 Å². The quantitative estimate of drug-likeness (QED) is 0.305. The lowest BCUT2D eigenvalue weighted by Crippen LogP contribution is -2.15. The maximum Gasteiger partial charge on any atom is 0.311 e. The molecule has 1 aliphatic rings. The maximum atomic E-state index is 9.60. The molecule has 3 aromatic carbocycles. The molecule has 0 amide bonds. The molecule has 0 fully saturated rings. The van der Waals surface area contributed by atoms with Gasteiger partial charge in [-0.2, -0.15) is 5.26 Å². The fraction of sp³-hybridized carbons (Fsp3) is 0.148. The van der Waals surface area contributed by atoms with E-state index < -0.39 is 0 Å². The molecule has 0 saturated carbocycles. The highest BCUT2D eigenvalue weighted by Crippen LogP contribution is 2.50. The number of aromatic nitrogens is 3. The Hall–Kier alpha value is -4.35. The van der Waals surface area contributed by atoms with Crippen LogP contribution in [0.5, 0.6) is 0 Å². The highest BCUT2D eigenvalue weighted by Gasteiger charge is 2.36. The molecule has 0 saturated heterocycles. The molecule has 6 rings (SSSR count). The van der Waals surface area contributed by atoms with E-state index in [2.05, 4.69) is 82.8 Å². The number of nitriles is 1. The van der Waals surface area contributed by atoms with E-state index in [0.717, 1.165) is 21.8 Å². The Morgan fingerprint density at radius 3 is 2.44 bits per heavy atom.